The summed E-state index contributed by atoms with van der Waals surface area (Å²) in [5, 5.41) is 31.2. The number of rotatable bonds is 9. The zero-order chi connectivity index (χ0) is 30.0. The second-order valence-corrected chi connectivity index (χ2v) is 16.4. The fraction of sp³-hybridized carbons (Fsp3) is 0.900. The number of aliphatic carboxylic acids is 3. The van der Waals surface area contributed by atoms with E-state index in [0.717, 1.165) is 19.3 Å². The molecular weight excluding hydrogens is 548 g/mol. The normalized spacial score (nSPS) is 12.7. The topological polar surface area (TPSA) is 120 Å². The van der Waals surface area contributed by atoms with Crippen LogP contribution in [0.5, 0.6) is 0 Å². The van der Waals surface area contributed by atoms with Crippen LogP contribution >= 0.6 is 0 Å². The monoisotopic (exact) mass is 603 g/mol. The second-order valence-electron chi connectivity index (χ2n) is 16.4. The van der Waals surface area contributed by atoms with Crippen molar-refractivity contribution in [2.75, 3.05) is 0 Å². The summed E-state index contributed by atoms with van der Waals surface area (Å²) in [6.45, 7) is 30.8. The first-order valence-electron chi connectivity index (χ1n) is 13.0. The minimum atomic E-state index is -0.954. The predicted molar refractivity (Wildman–Crippen MR) is 142 cm³/mol. The molecule has 7 heteroatoms. The summed E-state index contributed by atoms with van der Waals surface area (Å²) >= 11 is 0. The Morgan fingerprint density at radius 1 is 0.405 bits per heavy atom. The second kappa shape index (κ2) is 16.4. The van der Waals surface area contributed by atoms with Crippen LogP contribution in [0.4, 0.5) is 0 Å². The molecule has 0 rings (SSSR count). The number of carbonyl (C=O) groups is 3. The smallest absolute Gasteiger partial charge is 0.550 e. The van der Waals surface area contributed by atoms with Gasteiger partial charge in [0, 0.05) is 17.9 Å². The van der Waals surface area contributed by atoms with Crippen molar-refractivity contribution in [3.8, 4) is 0 Å². The maximum Gasteiger partial charge on any atom is 3.00 e. The number of carbonyl (C=O) groups excluding carboxylic acids is 3. The maximum absolute atomic E-state index is 10.4. The van der Waals surface area contributed by atoms with E-state index in [4.69, 9.17) is 0 Å². The molecule has 1 radical (unpaired) electrons. The van der Waals surface area contributed by atoms with Gasteiger partial charge in [0.05, 0.1) is 0 Å². The standard InChI is InChI=1S/3C10H20O2.Zr/c3*1-9(2,3)7-10(4,5)6-8(11)12;/h3*6-7H2,1-5H3,(H,11,12);/q;;;+3/p-3. The first kappa shape index (κ1) is 43.3. The van der Waals surface area contributed by atoms with Crippen molar-refractivity contribution < 1.29 is 55.9 Å². The first-order valence-corrected chi connectivity index (χ1v) is 13.0. The van der Waals surface area contributed by atoms with Crippen LogP contribution in [-0.2, 0) is 40.6 Å². The van der Waals surface area contributed by atoms with Gasteiger partial charge >= 0.3 is 26.2 Å². The average molecular weight is 605 g/mol. The van der Waals surface area contributed by atoms with E-state index in [2.05, 4.69) is 62.3 Å². The molecule has 0 saturated heterocycles. The van der Waals surface area contributed by atoms with Gasteiger partial charge in [-0.2, -0.15) is 0 Å². The molecule has 0 aliphatic heterocycles. The van der Waals surface area contributed by atoms with E-state index >= 15 is 0 Å². The molecule has 0 fully saturated rings. The van der Waals surface area contributed by atoms with Crippen LogP contribution in [0.1, 0.15) is 142 Å². The van der Waals surface area contributed by atoms with E-state index in [0.29, 0.717) is 0 Å². The summed E-state index contributed by atoms with van der Waals surface area (Å²) < 4.78 is 0. The fourth-order valence-corrected chi connectivity index (χ4v) is 5.67. The Morgan fingerprint density at radius 3 is 0.622 bits per heavy atom. The molecule has 0 bridgehead atoms. The Kier molecular flexibility index (Phi) is 19.2. The van der Waals surface area contributed by atoms with Crippen LogP contribution in [0.25, 0.3) is 0 Å². The van der Waals surface area contributed by atoms with Crippen molar-refractivity contribution in [2.45, 2.75) is 142 Å². The zero-order valence-corrected chi connectivity index (χ0v) is 29.2. The van der Waals surface area contributed by atoms with Gasteiger partial charge < -0.3 is 29.7 Å². The third-order valence-corrected chi connectivity index (χ3v) is 4.90. The molecule has 0 aliphatic carbocycles. The number of carboxylic acids is 3. The van der Waals surface area contributed by atoms with Crippen molar-refractivity contribution in [3.05, 3.63) is 0 Å². The van der Waals surface area contributed by atoms with Crippen LogP contribution in [-0.4, -0.2) is 17.9 Å². The van der Waals surface area contributed by atoms with E-state index in [1.54, 1.807) is 0 Å². The van der Waals surface area contributed by atoms with Gasteiger partial charge in [-0.05, 0) is 71.0 Å². The van der Waals surface area contributed by atoms with E-state index < -0.39 is 17.9 Å². The Labute approximate surface area is 247 Å². The van der Waals surface area contributed by atoms with Crippen molar-refractivity contribution in [1.29, 1.82) is 0 Å². The molecule has 6 nitrogen and oxygen atoms in total. The van der Waals surface area contributed by atoms with Crippen LogP contribution in [0.3, 0.4) is 0 Å². The summed E-state index contributed by atoms with van der Waals surface area (Å²) in [5.74, 6) is -2.86. The van der Waals surface area contributed by atoms with Gasteiger partial charge in [-0.15, -0.1) is 0 Å². The molecule has 0 N–H and O–H groups in total. The van der Waals surface area contributed by atoms with E-state index in [9.17, 15) is 29.7 Å². The van der Waals surface area contributed by atoms with Crippen molar-refractivity contribution in [1.82, 2.24) is 0 Å². The molecule has 37 heavy (non-hydrogen) atoms. The molecule has 0 spiro atoms. The zero-order valence-electron chi connectivity index (χ0n) is 26.7. The molecule has 0 aromatic carbocycles. The van der Waals surface area contributed by atoms with Crippen molar-refractivity contribution in [3.63, 3.8) is 0 Å². The molecule has 0 aliphatic rings. The molecule has 0 amide bonds. The first-order chi connectivity index (χ1) is 15.4. The van der Waals surface area contributed by atoms with Gasteiger partial charge in [-0.1, -0.05) is 104 Å². The average Bonchev–Trinajstić information content (AvgIpc) is 2.33. The fourth-order valence-electron chi connectivity index (χ4n) is 5.67. The Bertz CT molecular complexity index is 591. The molecule has 0 heterocycles. The molecule has 0 aromatic rings. The van der Waals surface area contributed by atoms with Crippen LogP contribution in [0, 0.1) is 32.5 Å². The molecule has 217 valence electrons. The van der Waals surface area contributed by atoms with Gasteiger partial charge in [-0.3, -0.25) is 0 Å². The maximum atomic E-state index is 10.4. The number of hydrogen-bond donors (Lipinski definition) is 0. The van der Waals surface area contributed by atoms with Crippen LogP contribution in [0.15, 0.2) is 0 Å². The van der Waals surface area contributed by atoms with E-state index in [1.807, 2.05) is 41.5 Å². The van der Waals surface area contributed by atoms with Gasteiger partial charge in [0.15, 0.2) is 0 Å². The molecule has 0 unspecified atom stereocenters. The summed E-state index contributed by atoms with van der Waals surface area (Å²) in [5.41, 5.74) is 0.0715. The van der Waals surface area contributed by atoms with Gasteiger partial charge in [0.25, 0.3) is 0 Å². The summed E-state index contributed by atoms with van der Waals surface area (Å²) in [4.78, 5) is 31.2. The largest absolute Gasteiger partial charge is 3.00 e. The minimum Gasteiger partial charge on any atom is -0.550 e. The third-order valence-electron chi connectivity index (χ3n) is 4.90. The van der Waals surface area contributed by atoms with Crippen molar-refractivity contribution >= 4 is 17.9 Å². The Morgan fingerprint density at radius 2 is 0.541 bits per heavy atom. The molecular formula is C30H57O6Zr. The summed E-state index contributed by atoms with van der Waals surface area (Å²) in [6, 6.07) is 0. The van der Waals surface area contributed by atoms with E-state index in [-0.39, 0.29) is 78.0 Å². The van der Waals surface area contributed by atoms with Gasteiger partial charge in [0.2, 0.25) is 0 Å². The third kappa shape index (κ3) is 37.5. The predicted octanol–water partition coefficient (Wildman–Crippen LogP) is 4.76. The SMILES string of the molecule is CC(C)(C)CC(C)(C)CC(=O)[O-].CC(C)(C)CC(C)(C)CC(=O)[O-].CC(C)(C)CC(C)(C)CC(=O)[O-].[Zr+3]. The quantitative estimate of drug-likeness (QED) is 0.374. The van der Waals surface area contributed by atoms with Gasteiger partial charge in [0.1, 0.15) is 0 Å². The van der Waals surface area contributed by atoms with Gasteiger partial charge in [-0.25, -0.2) is 0 Å². The summed E-state index contributed by atoms with van der Waals surface area (Å²) in [7, 11) is 0. The molecule has 0 saturated carbocycles. The van der Waals surface area contributed by atoms with Crippen LogP contribution in [0.2, 0.25) is 0 Å². The molecule has 0 aromatic heterocycles. The number of carboxylic acid groups (broad SMARTS) is 3. The Balaban J connectivity index is -0.000000218. The van der Waals surface area contributed by atoms with Crippen molar-refractivity contribution in [2.24, 2.45) is 32.5 Å². The Hall–Kier alpha value is -0.707. The van der Waals surface area contributed by atoms with Crippen LogP contribution < -0.4 is 15.3 Å². The molecule has 0 atom stereocenters. The number of hydrogen-bond acceptors (Lipinski definition) is 6. The van der Waals surface area contributed by atoms with E-state index in [1.165, 1.54) is 0 Å². The summed E-state index contributed by atoms with van der Waals surface area (Å²) in [6.07, 6.45) is 3.12. The minimum absolute atomic E-state index is 0.